The van der Waals surface area contributed by atoms with Crippen molar-refractivity contribution in [2.45, 2.75) is 50.9 Å². The van der Waals surface area contributed by atoms with E-state index in [0.717, 1.165) is 43.6 Å². The van der Waals surface area contributed by atoms with Crippen LogP contribution in [0.5, 0.6) is 0 Å². The van der Waals surface area contributed by atoms with E-state index in [-0.39, 0.29) is 12.1 Å². The molecule has 0 radical (unpaired) electrons. The highest BCUT2D eigenvalue weighted by molar-refractivity contribution is 5.74. The van der Waals surface area contributed by atoms with Gasteiger partial charge in [-0.1, -0.05) is 35.5 Å². The van der Waals surface area contributed by atoms with Crippen LogP contribution in [0, 0.1) is 0 Å². The van der Waals surface area contributed by atoms with E-state index in [1.807, 2.05) is 35.2 Å². The predicted molar refractivity (Wildman–Crippen MR) is 94.3 cm³/mol. The Labute approximate surface area is 152 Å². The monoisotopic (exact) mass is 356 g/mol. The van der Waals surface area contributed by atoms with Crippen molar-refractivity contribution in [2.24, 2.45) is 0 Å². The quantitative estimate of drug-likeness (QED) is 0.861. The molecule has 1 saturated heterocycles. The zero-order valence-electron chi connectivity index (χ0n) is 14.8. The van der Waals surface area contributed by atoms with Gasteiger partial charge in [0, 0.05) is 25.6 Å². The lowest BCUT2D eigenvalue weighted by molar-refractivity contribution is -0.0103. The van der Waals surface area contributed by atoms with Crippen LogP contribution < -0.4 is 5.32 Å². The number of piperidine rings is 1. The van der Waals surface area contributed by atoms with Crippen molar-refractivity contribution in [3.8, 4) is 0 Å². The molecule has 138 valence electrons. The predicted octanol–water partition coefficient (Wildman–Crippen LogP) is 2.84. The van der Waals surface area contributed by atoms with Crippen molar-refractivity contribution in [1.29, 1.82) is 0 Å². The summed E-state index contributed by atoms with van der Waals surface area (Å²) in [4.78, 5) is 18.6. The van der Waals surface area contributed by atoms with E-state index < -0.39 is 0 Å². The first-order valence-electron chi connectivity index (χ1n) is 9.29. The molecule has 2 heterocycles. The first-order chi connectivity index (χ1) is 12.8. The number of aromatic nitrogens is 2. The summed E-state index contributed by atoms with van der Waals surface area (Å²) in [6.45, 7) is 2.19. The SMILES string of the molecule is O=C(NCc1ccccc1)N1CCC[C@H](OCc2nc(C3CC3)no2)C1. The van der Waals surface area contributed by atoms with Gasteiger partial charge >= 0.3 is 6.03 Å². The van der Waals surface area contributed by atoms with Gasteiger partial charge in [0.25, 0.3) is 5.89 Å². The topological polar surface area (TPSA) is 80.5 Å². The van der Waals surface area contributed by atoms with Gasteiger partial charge in [0.2, 0.25) is 0 Å². The summed E-state index contributed by atoms with van der Waals surface area (Å²) in [5.74, 6) is 1.80. The van der Waals surface area contributed by atoms with E-state index >= 15 is 0 Å². The molecule has 7 heteroatoms. The molecular weight excluding hydrogens is 332 g/mol. The van der Waals surface area contributed by atoms with E-state index in [0.29, 0.717) is 31.5 Å². The van der Waals surface area contributed by atoms with Gasteiger partial charge in [-0.2, -0.15) is 4.98 Å². The summed E-state index contributed by atoms with van der Waals surface area (Å²) in [5, 5.41) is 6.97. The number of ether oxygens (including phenoxy) is 1. The van der Waals surface area contributed by atoms with Gasteiger partial charge in [0.15, 0.2) is 5.82 Å². The second kappa shape index (κ2) is 7.86. The van der Waals surface area contributed by atoms with Gasteiger partial charge in [-0.05, 0) is 31.2 Å². The number of benzene rings is 1. The molecule has 0 spiro atoms. The third-order valence-corrected chi connectivity index (χ3v) is 4.82. The van der Waals surface area contributed by atoms with Crippen LogP contribution in [0.3, 0.4) is 0 Å². The van der Waals surface area contributed by atoms with Crippen molar-refractivity contribution in [3.63, 3.8) is 0 Å². The fourth-order valence-corrected chi connectivity index (χ4v) is 3.17. The summed E-state index contributed by atoms with van der Waals surface area (Å²) in [5.41, 5.74) is 1.09. The Balaban J connectivity index is 1.23. The summed E-state index contributed by atoms with van der Waals surface area (Å²) >= 11 is 0. The Morgan fingerprint density at radius 2 is 2.12 bits per heavy atom. The first-order valence-corrected chi connectivity index (χ1v) is 9.29. The molecule has 1 N–H and O–H groups in total. The van der Waals surface area contributed by atoms with Crippen LogP contribution in [-0.2, 0) is 17.9 Å². The summed E-state index contributed by atoms with van der Waals surface area (Å²) in [7, 11) is 0. The lowest BCUT2D eigenvalue weighted by Gasteiger charge is -2.32. The maximum Gasteiger partial charge on any atom is 0.317 e. The average Bonchev–Trinajstić information content (AvgIpc) is 3.44. The van der Waals surface area contributed by atoms with Gasteiger partial charge in [0.1, 0.15) is 6.61 Å². The van der Waals surface area contributed by atoms with E-state index in [1.165, 1.54) is 0 Å². The minimum Gasteiger partial charge on any atom is -0.367 e. The molecule has 26 heavy (non-hydrogen) atoms. The maximum atomic E-state index is 12.4. The molecule has 2 aromatic rings. The Morgan fingerprint density at radius 3 is 2.92 bits per heavy atom. The van der Waals surface area contributed by atoms with E-state index in [4.69, 9.17) is 9.26 Å². The minimum atomic E-state index is -0.0454. The van der Waals surface area contributed by atoms with Gasteiger partial charge in [-0.3, -0.25) is 0 Å². The van der Waals surface area contributed by atoms with Crippen LogP contribution in [0.25, 0.3) is 0 Å². The molecule has 4 rings (SSSR count). The van der Waals surface area contributed by atoms with E-state index in [1.54, 1.807) is 0 Å². The van der Waals surface area contributed by atoms with Crippen LogP contribution in [0.4, 0.5) is 4.79 Å². The van der Waals surface area contributed by atoms with E-state index in [9.17, 15) is 4.79 Å². The second-order valence-corrected chi connectivity index (χ2v) is 6.99. The molecule has 2 fully saturated rings. The third-order valence-electron chi connectivity index (χ3n) is 4.82. The number of amides is 2. The molecule has 1 atom stereocenters. The number of carbonyl (C=O) groups is 1. The van der Waals surface area contributed by atoms with Crippen LogP contribution >= 0.6 is 0 Å². The molecule has 2 aliphatic rings. The molecule has 1 aromatic heterocycles. The van der Waals surface area contributed by atoms with Crippen LogP contribution in [0.1, 0.15) is 48.9 Å². The normalized spacial score (nSPS) is 20.2. The lowest BCUT2D eigenvalue weighted by atomic mass is 10.1. The van der Waals surface area contributed by atoms with Gasteiger partial charge in [0.05, 0.1) is 6.10 Å². The Hall–Kier alpha value is -2.41. The molecule has 1 aliphatic heterocycles. The third kappa shape index (κ3) is 4.40. The summed E-state index contributed by atoms with van der Waals surface area (Å²) in [6.07, 6.45) is 4.17. The van der Waals surface area contributed by atoms with Crippen molar-refractivity contribution in [2.75, 3.05) is 13.1 Å². The number of nitrogens with zero attached hydrogens (tertiary/aromatic N) is 3. The van der Waals surface area contributed by atoms with Crippen molar-refractivity contribution < 1.29 is 14.1 Å². The van der Waals surface area contributed by atoms with Crippen molar-refractivity contribution >= 4 is 6.03 Å². The number of nitrogens with one attached hydrogen (secondary N) is 1. The van der Waals surface area contributed by atoms with Gasteiger partial charge < -0.3 is 19.5 Å². The molecule has 2 amide bonds. The molecule has 0 unspecified atom stereocenters. The minimum absolute atomic E-state index is 0.00232. The van der Waals surface area contributed by atoms with Crippen molar-refractivity contribution in [1.82, 2.24) is 20.4 Å². The highest BCUT2D eigenvalue weighted by atomic mass is 16.5. The number of urea groups is 1. The number of rotatable bonds is 6. The number of hydrogen-bond acceptors (Lipinski definition) is 5. The lowest BCUT2D eigenvalue weighted by Crippen LogP contribution is -2.47. The first kappa shape index (κ1) is 17.0. The highest BCUT2D eigenvalue weighted by Gasteiger charge is 2.29. The fourth-order valence-electron chi connectivity index (χ4n) is 3.17. The van der Waals surface area contributed by atoms with Crippen LogP contribution in [0.15, 0.2) is 34.9 Å². The number of hydrogen-bond donors (Lipinski definition) is 1. The Morgan fingerprint density at radius 1 is 1.27 bits per heavy atom. The fraction of sp³-hybridized carbons (Fsp3) is 0.526. The smallest absolute Gasteiger partial charge is 0.317 e. The largest absolute Gasteiger partial charge is 0.367 e. The van der Waals surface area contributed by atoms with Crippen molar-refractivity contribution in [3.05, 3.63) is 47.6 Å². The molecule has 1 aliphatic carbocycles. The number of carbonyl (C=O) groups excluding carboxylic acids is 1. The second-order valence-electron chi connectivity index (χ2n) is 6.99. The molecule has 0 bridgehead atoms. The van der Waals surface area contributed by atoms with Crippen LogP contribution in [0.2, 0.25) is 0 Å². The maximum absolute atomic E-state index is 12.4. The molecule has 7 nitrogen and oxygen atoms in total. The Kier molecular flexibility index (Phi) is 5.15. The summed E-state index contributed by atoms with van der Waals surface area (Å²) < 4.78 is 11.1. The zero-order valence-corrected chi connectivity index (χ0v) is 14.8. The number of likely N-dealkylation sites (tertiary alicyclic amines) is 1. The van der Waals surface area contributed by atoms with E-state index in [2.05, 4.69) is 15.5 Å². The average molecular weight is 356 g/mol. The standard InChI is InChI=1S/C19H24N4O3/c24-19(20-11-14-5-2-1-3-6-14)23-10-4-7-16(12-23)25-13-17-21-18(22-26-17)15-8-9-15/h1-3,5-6,15-16H,4,7-13H2,(H,20,24)/t16-/m0/s1. The zero-order chi connectivity index (χ0) is 17.8. The van der Waals surface area contributed by atoms with Gasteiger partial charge in [-0.15, -0.1) is 0 Å². The molecule has 1 aromatic carbocycles. The van der Waals surface area contributed by atoms with Crippen LogP contribution in [-0.4, -0.2) is 40.3 Å². The molecular formula is C19H24N4O3. The van der Waals surface area contributed by atoms with Gasteiger partial charge in [-0.25, -0.2) is 4.79 Å². The molecule has 1 saturated carbocycles. The highest BCUT2D eigenvalue weighted by Crippen LogP contribution is 2.38. The Bertz CT molecular complexity index is 729. The summed E-state index contributed by atoms with van der Waals surface area (Å²) in [6, 6.07) is 9.87.